The molecule has 5 heteroatoms. The lowest BCUT2D eigenvalue weighted by Gasteiger charge is -2.33. The van der Waals surface area contributed by atoms with E-state index in [4.69, 9.17) is 4.74 Å². The topological polar surface area (TPSA) is 50.4 Å². The summed E-state index contributed by atoms with van der Waals surface area (Å²) in [6.45, 7) is 5.95. The van der Waals surface area contributed by atoms with Crippen molar-refractivity contribution >= 4 is 18.3 Å². The Morgan fingerprint density at radius 1 is 1.43 bits per heavy atom. The number of nitrogens with one attached hydrogen (secondary N) is 2. The quantitative estimate of drug-likeness (QED) is 0.821. The molecule has 1 atom stereocenters. The number of amides is 1. The second kappa shape index (κ2) is 8.25. The lowest BCUT2D eigenvalue weighted by molar-refractivity contribution is -0.128. The predicted octanol–water partition coefficient (Wildman–Crippen LogP) is 2.44. The van der Waals surface area contributed by atoms with E-state index in [0.717, 1.165) is 31.6 Å². The van der Waals surface area contributed by atoms with Crippen LogP contribution in [0.25, 0.3) is 0 Å². The summed E-state index contributed by atoms with van der Waals surface area (Å²) in [5.74, 6) is 0.922. The van der Waals surface area contributed by atoms with Crippen molar-refractivity contribution < 1.29 is 9.53 Å². The van der Waals surface area contributed by atoms with Crippen LogP contribution in [0.15, 0.2) is 24.3 Å². The Labute approximate surface area is 133 Å². The van der Waals surface area contributed by atoms with Crippen LogP contribution in [-0.2, 0) is 4.79 Å². The average molecular weight is 313 g/mol. The van der Waals surface area contributed by atoms with Crippen molar-refractivity contribution in [3.63, 3.8) is 0 Å². The maximum absolute atomic E-state index is 12.2. The minimum absolute atomic E-state index is 0. The Morgan fingerprint density at radius 3 is 2.90 bits per heavy atom. The number of halogens is 1. The summed E-state index contributed by atoms with van der Waals surface area (Å²) >= 11 is 0. The molecular weight excluding hydrogens is 288 g/mol. The van der Waals surface area contributed by atoms with Gasteiger partial charge in [0.05, 0.1) is 12.1 Å². The summed E-state index contributed by atoms with van der Waals surface area (Å²) in [7, 11) is 0. The van der Waals surface area contributed by atoms with E-state index in [0.29, 0.717) is 13.2 Å². The molecule has 0 radical (unpaired) electrons. The number of rotatable bonds is 5. The molecule has 0 aliphatic carbocycles. The van der Waals surface area contributed by atoms with Gasteiger partial charge in [-0.25, -0.2) is 0 Å². The molecule has 2 N–H and O–H groups in total. The van der Waals surface area contributed by atoms with E-state index >= 15 is 0 Å². The van der Waals surface area contributed by atoms with Gasteiger partial charge in [-0.3, -0.25) is 4.79 Å². The molecule has 1 amide bonds. The molecule has 0 aromatic heterocycles. The molecule has 0 bridgehead atoms. The molecule has 1 saturated heterocycles. The van der Waals surface area contributed by atoms with Gasteiger partial charge in [0, 0.05) is 0 Å². The highest BCUT2D eigenvalue weighted by Crippen LogP contribution is 2.18. The molecule has 2 rings (SSSR count). The Balaban J connectivity index is 0.00000220. The number of benzene rings is 1. The van der Waals surface area contributed by atoms with Crippen LogP contribution in [0.4, 0.5) is 0 Å². The van der Waals surface area contributed by atoms with Crippen LogP contribution in [0.2, 0.25) is 0 Å². The third-order valence-corrected chi connectivity index (χ3v) is 3.77. The fourth-order valence-electron chi connectivity index (χ4n) is 2.48. The van der Waals surface area contributed by atoms with E-state index in [2.05, 4.69) is 10.6 Å². The number of carbonyl (C=O) groups excluding carboxylic acids is 1. The lowest BCUT2D eigenvalue weighted by Crippen LogP contribution is -2.57. The third kappa shape index (κ3) is 5.21. The molecule has 0 spiro atoms. The molecule has 21 heavy (non-hydrogen) atoms. The van der Waals surface area contributed by atoms with Crippen LogP contribution >= 0.6 is 12.4 Å². The van der Waals surface area contributed by atoms with Crippen molar-refractivity contribution in [1.82, 2.24) is 10.6 Å². The Morgan fingerprint density at radius 2 is 2.24 bits per heavy atom. The molecule has 1 unspecified atom stereocenters. The Bertz CT molecular complexity index is 459. The van der Waals surface area contributed by atoms with Crippen molar-refractivity contribution in [2.75, 3.05) is 19.7 Å². The molecule has 1 heterocycles. The molecular formula is C16H25ClN2O2. The lowest BCUT2D eigenvalue weighted by atomic mass is 9.90. The van der Waals surface area contributed by atoms with Gasteiger partial charge >= 0.3 is 0 Å². The summed E-state index contributed by atoms with van der Waals surface area (Å²) in [6.07, 6.45) is 3.16. The Kier molecular flexibility index (Phi) is 6.99. The largest absolute Gasteiger partial charge is 0.492 e. The zero-order valence-electron chi connectivity index (χ0n) is 12.8. The standard InChI is InChI=1S/C16H24N2O2.ClH/c1-13-6-5-7-14(12-13)20-11-10-17-15(19)16(2)8-3-4-9-18-16;/h5-7,12,18H,3-4,8-11H2,1-2H3,(H,17,19);1H. The van der Waals surface area contributed by atoms with Gasteiger partial charge in [0.25, 0.3) is 0 Å². The second-order valence-corrected chi connectivity index (χ2v) is 5.64. The van der Waals surface area contributed by atoms with E-state index < -0.39 is 5.54 Å². The number of hydrogen-bond acceptors (Lipinski definition) is 3. The van der Waals surface area contributed by atoms with Gasteiger partial charge < -0.3 is 15.4 Å². The zero-order chi connectivity index (χ0) is 14.4. The third-order valence-electron chi connectivity index (χ3n) is 3.77. The van der Waals surface area contributed by atoms with Crippen LogP contribution in [0.3, 0.4) is 0 Å². The summed E-state index contributed by atoms with van der Waals surface area (Å²) in [4.78, 5) is 12.2. The zero-order valence-corrected chi connectivity index (χ0v) is 13.6. The highest BCUT2D eigenvalue weighted by Gasteiger charge is 2.33. The molecule has 0 saturated carbocycles. The van der Waals surface area contributed by atoms with Gasteiger partial charge in [-0.2, -0.15) is 0 Å². The fraction of sp³-hybridized carbons (Fsp3) is 0.562. The fourth-order valence-corrected chi connectivity index (χ4v) is 2.48. The average Bonchev–Trinajstić information content (AvgIpc) is 2.44. The molecule has 1 fully saturated rings. The van der Waals surface area contributed by atoms with Gasteiger partial charge in [0.15, 0.2) is 0 Å². The van der Waals surface area contributed by atoms with Crippen molar-refractivity contribution in [2.24, 2.45) is 0 Å². The van der Waals surface area contributed by atoms with Gasteiger partial charge in [-0.15, -0.1) is 12.4 Å². The van der Waals surface area contributed by atoms with E-state index in [1.165, 1.54) is 5.56 Å². The number of ether oxygens (including phenoxy) is 1. The molecule has 1 aliphatic heterocycles. The van der Waals surface area contributed by atoms with Crippen LogP contribution in [0.5, 0.6) is 5.75 Å². The highest BCUT2D eigenvalue weighted by atomic mass is 35.5. The van der Waals surface area contributed by atoms with Gasteiger partial charge in [0.1, 0.15) is 12.4 Å². The van der Waals surface area contributed by atoms with Crippen molar-refractivity contribution in [2.45, 2.75) is 38.6 Å². The first-order valence-electron chi connectivity index (χ1n) is 7.33. The van der Waals surface area contributed by atoms with E-state index in [1.54, 1.807) is 0 Å². The SMILES string of the molecule is Cc1cccc(OCCNC(=O)C2(C)CCCCN2)c1.Cl. The van der Waals surface area contributed by atoms with Crippen molar-refractivity contribution in [3.05, 3.63) is 29.8 Å². The predicted molar refractivity (Wildman–Crippen MR) is 87.2 cm³/mol. The first-order valence-corrected chi connectivity index (χ1v) is 7.33. The smallest absolute Gasteiger partial charge is 0.240 e. The first kappa shape index (κ1) is 17.8. The number of hydrogen-bond donors (Lipinski definition) is 2. The second-order valence-electron chi connectivity index (χ2n) is 5.64. The number of aryl methyl sites for hydroxylation is 1. The molecule has 1 aliphatic rings. The molecule has 118 valence electrons. The van der Waals surface area contributed by atoms with E-state index in [-0.39, 0.29) is 18.3 Å². The summed E-state index contributed by atoms with van der Waals surface area (Å²) in [5.41, 5.74) is 0.757. The number of piperidine rings is 1. The normalized spacial score (nSPS) is 21.2. The monoisotopic (exact) mass is 312 g/mol. The van der Waals surface area contributed by atoms with Crippen LogP contribution in [0.1, 0.15) is 31.7 Å². The van der Waals surface area contributed by atoms with E-state index in [1.807, 2.05) is 38.1 Å². The van der Waals surface area contributed by atoms with Crippen LogP contribution in [0, 0.1) is 6.92 Å². The van der Waals surface area contributed by atoms with Crippen LogP contribution < -0.4 is 15.4 Å². The minimum atomic E-state index is -0.415. The molecule has 4 nitrogen and oxygen atoms in total. The van der Waals surface area contributed by atoms with Gasteiger partial charge in [-0.05, 0) is 57.4 Å². The first-order chi connectivity index (χ1) is 9.60. The maximum atomic E-state index is 12.2. The van der Waals surface area contributed by atoms with E-state index in [9.17, 15) is 4.79 Å². The molecule has 1 aromatic carbocycles. The molecule has 1 aromatic rings. The highest BCUT2D eigenvalue weighted by molar-refractivity contribution is 5.86. The van der Waals surface area contributed by atoms with Gasteiger partial charge in [-0.1, -0.05) is 12.1 Å². The van der Waals surface area contributed by atoms with Crippen molar-refractivity contribution in [1.29, 1.82) is 0 Å². The van der Waals surface area contributed by atoms with Crippen LogP contribution in [-0.4, -0.2) is 31.1 Å². The maximum Gasteiger partial charge on any atom is 0.240 e. The summed E-state index contributed by atoms with van der Waals surface area (Å²) in [5, 5.41) is 6.26. The van der Waals surface area contributed by atoms with Gasteiger partial charge in [0.2, 0.25) is 5.91 Å². The number of carbonyl (C=O) groups is 1. The summed E-state index contributed by atoms with van der Waals surface area (Å²) in [6, 6.07) is 7.92. The Hall–Kier alpha value is -1.26. The summed E-state index contributed by atoms with van der Waals surface area (Å²) < 4.78 is 5.62. The minimum Gasteiger partial charge on any atom is -0.492 e. The van der Waals surface area contributed by atoms with Crippen molar-refractivity contribution in [3.8, 4) is 5.75 Å².